The predicted octanol–water partition coefficient (Wildman–Crippen LogP) is 1.13. The second kappa shape index (κ2) is 13.4. The van der Waals surface area contributed by atoms with Gasteiger partial charge in [0.1, 0.15) is 77.9 Å². The van der Waals surface area contributed by atoms with Crippen molar-refractivity contribution >= 4 is 33.6 Å². The maximum atomic E-state index is 13.2. The lowest BCUT2D eigenvalue weighted by atomic mass is 9.84. The molecule has 14 nitrogen and oxygen atoms in total. The number of phenolic OH excluding ortho intramolecular Hbond substituents is 2. The van der Waals surface area contributed by atoms with E-state index in [0.717, 1.165) is 16.2 Å². The molecule has 4 aromatic rings. The minimum atomic E-state index is -2.34. The van der Waals surface area contributed by atoms with Crippen molar-refractivity contribution in [2.45, 2.75) is 69.2 Å². The molecular weight excluding hydrogens is 676 g/mol. The molecule has 0 amide bonds. The first-order valence-electron chi connectivity index (χ1n) is 16.9. The van der Waals surface area contributed by atoms with Gasteiger partial charge in [-0.2, -0.15) is 0 Å². The van der Waals surface area contributed by atoms with Crippen LogP contribution >= 0.6 is 0 Å². The summed E-state index contributed by atoms with van der Waals surface area (Å²) in [5, 5.41) is 75.1. The van der Waals surface area contributed by atoms with Crippen molar-refractivity contribution in [2.24, 2.45) is 4.99 Å². The van der Waals surface area contributed by atoms with Crippen molar-refractivity contribution in [3.8, 4) is 17.2 Å². The standard InChI is InChI=1S/C38H40N2O12/c1-19-10-29(44)26-11-22-12-31(37(2,3)51-34(22)32(35(26)50-19)40-15-21-8-9-39-27(21)16-40)52-49-18-38(48,36(47)33(46)30(45)17-41)14-20-4-7-28(43)24-6-5-23(42)13-25(20)24/h4-11,13,16,30-31,33,36,41-43,45-48H,12,14-15,17-18H2,1-3H3/p+1/t30-,31-,33-,36+,38+/m1/s1. The number of hydrogen-bond donors (Lipinski definition) is 8. The van der Waals surface area contributed by atoms with Gasteiger partial charge in [0.25, 0.3) is 0 Å². The highest BCUT2D eigenvalue weighted by Crippen LogP contribution is 2.43. The summed E-state index contributed by atoms with van der Waals surface area (Å²) in [6.45, 7) is 4.23. The first-order valence-corrected chi connectivity index (χ1v) is 16.9. The Labute approximate surface area is 297 Å². The van der Waals surface area contributed by atoms with E-state index >= 15 is 0 Å². The normalized spacial score (nSPS) is 21.9. The Morgan fingerprint density at radius 1 is 1.08 bits per heavy atom. The topological polar surface area (TPSA) is 216 Å². The number of aliphatic hydroxyl groups is 5. The molecule has 0 bridgehead atoms. The zero-order chi connectivity index (χ0) is 37.1. The van der Waals surface area contributed by atoms with E-state index in [4.69, 9.17) is 18.9 Å². The molecule has 7 rings (SSSR count). The Kier molecular flexibility index (Phi) is 9.21. The monoisotopic (exact) mass is 717 g/mol. The summed E-state index contributed by atoms with van der Waals surface area (Å²) >= 11 is 0. The first kappa shape index (κ1) is 35.7. The molecule has 3 aliphatic heterocycles. The molecular formula is C38H41N2O12+. The van der Waals surface area contributed by atoms with E-state index in [1.807, 2.05) is 12.3 Å². The van der Waals surface area contributed by atoms with Gasteiger partial charge >= 0.3 is 0 Å². The highest BCUT2D eigenvalue weighted by Gasteiger charge is 2.46. The summed E-state index contributed by atoms with van der Waals surface area (Å²) in [5.41, 5.74) is 0.338. The van der Waals surface area contributed by atoms with Crippen molar-refractivity contribution in [3.63, 3.8) is 0 Å². The molecule has 0 aliphatic carbocycles. The maximum Gasteiger partial charge on any atom is 0.222 e. The zero-order valence-corrected chi connectivity index (χ0v) is 28.7. The molecule has 0 spiro atoms. The van der Waals surface area contributed by atoms with Gasteiger partial charge in [0, 0.05) is 41.6 Å². The summed E-state index contributed by atoms with van der Waals surface area (Å²) in [4.78, 5) is 30.1. The van der Waals surface area contributed by atoms with Crippen molar-refractivity contribution in [2.75, 3.05) is 19.8 Å². The second-order valence-corrected chi connectivity index (χ2v) is 14.2. The van der Waals surface area contributed by atoms with E-state index in [1.165, 1.54) is 36.4 Å². The van der Waals surface area contributed by atoms with Crippen LogP contribution in [-0.2, 0) is 22.6 Å². The number of ether oxygens (including phenoxy) is 1. The van der Waals surface area contributed by atoms with Gasteiger partial charge in [-0.25, -0.2) is 9.78 Å². The molecule has 52 heavy (non-hydrogen) atoms. The molecule has 0 saturated carbocycles. The Hall–Kier alpha value is -4.64. The number of quaternary nitrogens is 1. The Morgan fingerprint density at radius 2 is 1.87 bits per heavy atom. The number of nitrogens with one attached hydrogen (secondary N) is 1. The predicted molar refractivity (Wildman–Crippen MR) is 188 cm³/mol. The molecule has 8 N–H and O–H groups in total. The van der Waals surface area contributed by atoms with Gasteiger partial charge < -0.3 is 44.9 Å². The fourth-order valence-corrected chi connectivity index (χ4v) is 7.13. The third kappa shape index (κ3) is 6.37. The van der Waals surface area contributed by atoms with Gasteiger partial charge in [0.2, 0.25) is 11.3 Å². The average molecular weight is 718 g/mol. The van der Waals surface area contributed by atoms with E-state index in [1.54, 1.807) is 33.1 Å². The third-order valence-corrected chi connectivity index (χ3v) is 10.1. The number of fused-ring (bicyclic) bond motifs is 4. The van der Waals surface area contributed by atoms with E-state index in [2.05, 4.69) is 4.99 Å². The van der Waals surface area contributed by atoms with Crippen LogP contribution < -0.4 is 15.1 Å². The lowest BCUT2D eigenvalue weighted by Gasteiger charge is -2.40. The molecule has 3 aromatic carbocycles. The minimum Gasteiger partial charge on any atom is -0.508 e. The quantitative estimate of drug-likeness (QED) is 0.0810. The number of rotatable bonds is 11. The van der Waals surface area contributed by atoms with Crippen LogP contribution in [0.4, 0.5) is 5.69 Å². The summed E-state index contributed by atoms with van der Waals surface area (Å²) in [5.74, 6) is 0.783. The van der Waals surface area contributed by atoms with Crippen LogP contribution in [0.25, 0.3) is 21.7 Å². The summed E-state index contributed by atoms with van der Waals surface area (Å²) in [6.07, 6.45) is -1.23. The summed E-state index contributed by atoms with van der Waals surface area (Å²) in [6, 6.07) is 10.3. The van der Waals surface area contributed by atoms with Gasteiger partial charge in [-0.1, -0.05) is 6.07 Å². The van der Waals surface area contributed by atoms with E-state index < -0.39 is 55.3 Å². The van der Waals surface area contributed by atoms with E-state index in [-0.39, 0.29) is 23.3 Å². The van der Waals surface area contributed by atoms with Crippen molar-refractivity contribution < 1.29 is 59.6 Å². The van der Waals surface area contributed by atoms with E-state index in [9.17, 15) is 40.5 Å². The number of nitrogens with zero attached hydrogens (tertiary/aromatic N) is 1. The largest absolute Gasteiger partial charge is 0.508 e. The molecule has 0 fully saturated rings. The number of aliphatic hydroxyl groups excluding tert-OH is 4. The molecule has 6 atom stereocenters. The number of hydrogen-bond acceptors (Lipinski definition) is 13. The molecule has 4 heterocycles. The van der Waals surface area contributed by atoms with Crippen molar-refractivity contribution in [3.05, 3.63) is 93.1 Å². The van der Waals surface area contributed by atoms with Gasteiger partial charge in [-0.3, -0.25) is 14.7 Å². The third-order valence-electron chi connectivity index (χ3n) is 10.1. The number of aliphatic imine (C=N–C) groups is 1. The summed E-state index contributed by atoms with van der Waals surface area (Å²) < 4.78 is 12.8. The Balaban J connectivity index is 1.19. The highest BCUT2D eigenvalue weighted by atomic mass is 17.2. The lowest BCUT2D eigenvalue weighted by molar-refractivity contribution is -0.763. The van der Waals surface area contributed by atoms with Crippen LogP contribution in [0.2, 0.25) is 0 Å². The van der Waals surface area contributed by atoms with Crippen LogP contribution in [0.5, 0.6) is 17.2 Å². The number of allylic oxidation sites excluding steroid dienone is 1. The number of aryl methyl sites for hydroxylation is 1. The lowest BCUT2D eigenvalue weighted by Crippen LogP contribution is -3.01. The van der Waals surface area contributed by atoms with Crippen LogP contribution in [0.15, 0.2) is 80.2 Å². The van der Waals surface area contributed by atoms with Gasteiger partial charge in [0.15, 0.2) is 11.2 Å². The van der Waals surface area contributed by atoms with Crippen LogP contribution in [-0.4, -0.2) is 97.3 Å². The van der Waals surface area contributed by atoms with Crippen LogP contribution in [0.3, 0.4) is 0 Å². The molecule has 0 radical (unpaired) electrons. The number of aromatic hydroxyl groups is 2. The molecule has 1 unspecified atom stereocenters. The number of phenols is 2. The fourth-order valence-electron chi connectivity index (χ4n) is 7.13. The van der Waals surface area contributed by atoms with Gasteiger partial charge in [-0.15, -0.1) is 0 Å². The van der Waals surface area contributed by atoms with Gasteiger partial charge in [-0.05, 0) is 68.1 Å². The minimum absolute atomic E-state index is 0.0850. The highest BCUT2D eigenvalue weighted by molar-refractivity contribution is 5.92. The SMILES string of the molecule is Cc1cc(=O)c2cc3c(c([NH+]4C=C5N=CC=C5C4)c2o1)OC(C)(C)[C@H](OOC[C@@](O)(Cc1ccc(O)c2ccc(O)cc12)[C@@H](O)[C@H](O)[C@H](O)CO)C3. The average Bonchev–Trinajstić information content (AvgIpc) is 3.71. The Bertz CT molecular complexity index is 2210. The molecule has 0 saturated heterocycles. The molecule has 274 valence electrons. The van der Waals surface area contributed by atoms with Crippen molar-refractivity contribution in [1.82, 2.24) is 0 Å². The zero-order valence-electron chi connectivity index (χ0n) is 28.7. The first-order chi connectivity index (χ1) is 24.7. The van der Waals surface area contributed by atoms with Crippen LogP contribution in [0.1, 0.15) is 30.7 Å². The summed E-state index contributed by atoms with van der Waals surface area (Å²) in [7, 11) is 0. The maximum absolute atomic E-state index is 13.2. The molecule has 3 aliphatic rings. The second-order valence-electron chi connectivity index (χ2n) is 14.2. The smallest absolute Gasteiger partial charge is 0.222 e. The van der Waals surface area contributed by atoms with Crippen molar-refractivity contribution in [1.29, 1.82) is 0 Å². The van der Waals surface area contributed by atoms with Crippen LogP contribution in [0, 0.1) is 6.92 Å². The number of benzene rings is 3. The molecule has 1 aromatic heterocycles. The fraction of sp³-hybridized carbons (Fsp3) is 0.368. The van der Waals surface area contributed by atoms with Gasteiger partial charge in [0.05, 0.1) is 12.0 Å². The van der Waals surface area contributed by atoms with E-state index in [0.29, 0.717) is 56.6 Å². The molecule has 14 heteroatoms. The Morgan fingerprint density at radius 3 is 2.62 bits per heavy atom.